The number of thiophene rings is 1. The molecule has 1 fully saturated rings. The van der Waals surface area contributed by atoms with E-state index in [1.54, 1.807) is 0 Å². The van der Waals surface area contributed by atoms with Crippen LogP contribution in [-0.2, 0) is 16.0 Å². The first-order chi connectivity index (χ1) is 11.2. The molecule has 4 nitrogen and oxygen atoms in total. The highest BCUT2D eigenvalue weighted by Gasteiger charge is 2.22. The van der Waals surface area contributed by atoms with Crippen LogP contribution in [0.5, 0.6) is 0 Å². The Labute approximate surface area is 140 Å². The van der Waals surface area contributed by atoms with Gasteiger partial charge in [0.2, 0.25) is 0 Å². The predicted molar refractivity (Wildman–Crippen MR) is 90.8 cm³/mol. The fourth-order valence-electron chi connectivity index (χ4n) is 2.68. The molecule has 2 heterocycles. The number of hydrogen-bond acceptors (Lipinski definition) is 5. The van der Waals surface area contributed by atoms with Gasteiger partial charge in [-0.3, -0.25) is 4.90 Å². The summed E-state index contributed by atoms with van der Waals surface area (Å²) in [5, 5.41) is 1.91. The van der Waals surface area contributed by atoms with Gasteiger partial charge in [-0.1, -0.05) is 30.3 Å². The second-order valence-corrected chi connectivity index (χ2v) is 6.66. The van der Waals surface area contributed by atoms with Crippen molar-refractivity contribution in [1.29, 1.82) is 0 Å². The Hall–Kier alpha value is -1.69. The fourth-order valence-corrected chi connectivity index (χ4v) is 3.50. The Balaban J connectivity index is 1.49. The van der Waals surface area contributed by atoms with Crippen molar-refractivity contribution >= 4 is 17.3 Å². The van der Waals surface area contributed by atoms with Gasteiger partial charge in [-0.05, 0) is 29.5 Å². The Bertz CT molecular complexity index is 641. The van der Waals surface area contributed by atoms with Crippen molar-refractivity contribution in [3.05, 3.63) is 57.8 Å². The maximum absolute atomic E-state index is 12.1. The van der Waals surface area contributed by atoms with E-state index >= 15 is 0 Å². The highest BCUT2D eigenvalue weighted by molar-refractivity contribution is 7.12. The molecule has 3 rings (SSSR count). The molecule has 0 amide bonds. The van der Waals surface area contributed by atoms with E-state index in [1.165, 1.54) is 16.9 Å². The van der Waals surface area contributed by atoms with Crippen molar-refractivity contribution in [2.24, 2.45) is 0 Å². The molecule has 0 aliphatic carbocycles. The minimum atomic E-state index is -0.249. The molecule has 1 aliphatic rings. The van der Waals surface area contributed by atoms with E-state index in [2.05, 4.69) is 29.2 Å². The summed E-state index contributed by atoms with van der Waals surface area (Å²) in [5.41, 5.74) is 2.26. The van der Waals surface area contributed by atoms with Gasteiger partial charge < -0.3 is 9.47 Å². The minimum Gasteiger partial charge on any atom is -0.459 e. The summed E-state index contributed by atoms with van der Waals surface area (Å²) in [7, 11) is 0. The maximum atomic E-state index is 12.1. The van der Waals surface area contributed by atoms with Gasteiger partial charge in [-0.15, -0.1) is 11.3 Å². The topological polar surface area (TPSA) is 38.8 Å². The van der Waals surface area contributed by atoms with Crippen molar-refractivity contribution in [3.63, 3.8) is 0 Å². The zero-order valence-electron chi connectivity index (χ0n) is 13.2. The minimum absolute atomic E-state index is 0.0586. The Morgan fingerprint density at radius 1 is 1.35 bits per heavy atom. The van der Waals surface area contributed by atoms with Crippen LogP contribution in [0, 0.1) is 6.92 Å². The molecule has 23 heavy (non-hydrogen) atoms. The molecule has 2 aromatic rings. The van der Waals surface area contributed by atoms with Crippen molar-refractivity contribution in [2.75, 3.05) is 26.3 Å². The third kappa shape index (κ3) is 4.41. The molecule has 0 radical (unpaired) electrons. The van der Waals surface area contributed by atoms with Crippen LogP contribution in [0.4, 0.5) is 0 Å². The summed E-state index contributed by atoms with van der Waals surface area (Å²) in [6, 6.07) is 12.3. The lowest BCUT2D eigenvalue weighted by molar-refractivity contribution is -0.0611. The number of rotatable bonds is 5. The zero-order valence-corrected chi connectivity index (χ0v) is 14.1. The fraction of sp³-hybridized carbons (Fsp3) is 0.389. The van der Waals surface area contributed by atoms with E-state index in [-0.39, 0.29) is 12.1 Å². The molecule has 0 bridgehead atoms. The summed E-state index contributed by atoms with van der Waals surface area (Å²) in [6.07, 6.45) is -0.0586. The first-order valence-electron chi connectivity index (χ1n) is 7.81. The summed E-state index contributed by atoms with van der Waals surface area (Å²) >= 11 is 1.42. The Kier molecular flexibility index (Phi) is 5.43. The third-order valence-electron chi connectivity index (χ3n) is 3.92. The van der Waals surface area contributed by atoms with Crippen LogP contribution in [-0.4, -0.2) is 43.3 Å². The molecule has 1 atom stereocenters. The smallest absolute Gasteiger partial charge is 0.348 e. The zero-order chi connectivity index (χ0) is 16.1. The van der Waals surface area contributed by atoms with Gasteiger partial charge in [0.1, 0.15) is 17.6 Å². The molecule has 1 aromatic heterocycles. The summed E-state index contributed by atoms with van der Waals surface area (Å²) in [4.78, 5) is 15.1. The number of morpholine rings is 1. The van der Waals surface area contributed by atoms with Gasteiger partial charge in [0, 0.05) is 19.6 Å². The van der Waals surface area contributed by atoms with E-state index in [0.717, 1.165) is 25.2 Å². The molecule has 1 aromatic carbocycles. The molecule has 1 unspecified atom stereocenters. The number of hydrogen-bond donors (Lipinski definition) is 0. The molecular weight excluding hydrogens is 310 g/mol. The second kappa shape index (κ2) is 7.73. The van der Waals surface area contributed by atoms with Crippen LogP contribution in [0.15, 0.2) is 41.8 Å². The first-order valence-corrected chi connectivity index (χ1v) is 8.69. The number of nitrogens with zero attached hydrogens (tertiary/aromatic N) is 1. The largest absolute Gasteiger partial charge is 0.459 e. The second-order valence-electron chi connectivity index (χ2n) is 5.74. The molecule has 0 N–H and O–H groups in total. The van der Waals surface area contributed by atoms with Crippen molar-refractivity contribution in [3.8, 4) is 0 Å². The van der Waals surface area contributed by atoms with Gasteiger partial charge in [0.25, 0.3) is 0 Å². The summed E-state index contributed by atoms with van der Waals surface area (Å²) in [6.45, 7) is 5.49. The number of esters is 1. The lowest BCUT2D eigenvalue weighted by atomic mass is 10.2. The lowest BCUT2D eigenvalue weighted by Gasteiger charge is -2.32. The Morgan fingerprint density at radius 2 is 2.17 bits per heavy atom. The number of carbonyl (C=O) groups excluding carboxylic acids is 1. The highest BCUT2D eigenvalue weighted by Crippen LogP contribution is 2.17. The van der Waals surface area contributed by atoms with Gasteiger partial charge in [0.05, 0.1) is 6.61 Å². The molecule has 0 spiro atoms. The van der Waals surface area contributed by atoms with E-state index in [1.807, 2.05) is 24.4 Å². The van der Waals surface area contributed by atoms with Crippen molar-refractivity contribution in [2.45, 2.75) is 19.6 Å². The molecule has 5 heteroatoms. The van der Waals surface area contributed by atoms with E-state index in [4.69, 9.17) is 9.47 Å². The average Bonchev–Trinajstić information content (AvgIpc) is 3.00. The van der Waals surface area contributed by atoms with Gasteiger partial charge in [-0.2, -0.15) is 0 Å². The highest BCUT2D eigenvalue weighted by atomic mass is 32.1. The number of benzene rings is 1. The number of ether oxygens (including phenoxy) is 2. The first kappa shape index (κ1) is 16.2. The molecular formula is C18H21NO3S. The van der Waals surface area contributed by atoms with E-state index in [0.29, 0.717) is 18.1 Å². The molecule has 1 saturated heterocycles. The third-order valence-corrected chi connectivity index (χ3v) is 4.92. The van der Waals surface area contributed by atoms with Crippen molar-refractivity contribution in [1.82, 2.24) is 4.90 Å². The Morgan fingerprint density at radius 3 is 2.91 bits per heavy atom. The average molecular weight is 331 g/mol. The van der Waals surface area contributed by atoms with Gasteiger partial charge in [-0.25, -0.2) is 4.79 Å². The lowest BCUT2D eigenvalue weighted by Crippen LogP contribution is -2.44. The SMILES string of the molecule is Cc1ccsc1C(=O)OCC1CN(Cc2ccccc2)CCO1. The van der Waals surface area contributed by atoms with E-state index in [9.17, 15) is 4.79 Å². The van der Waals surface area contributed by atoms with Crippen LogP contribution >= 0.6 is 11.3 Å². The number of aryl methyl sites for hydroxylation is 1. The summed E-state index contributed by atoms with van der Waals surface area (Å²) < 4.78 is 11.2. The van der Waals surface area contributed by atoms with Crippen LogP contribution in [0.25, 0.3) is 0 Å². The molecule has 0 saturated carbocycles. The maximum Gasteiger partial charge on any atom is 0.348 e. The predicted octanol–water partition coefficient (Wildman–Crippen LogP) is 3.11. The quantitative estimate of drug-likeness (QED) is 0.789. The standard InChI is InChI=1S/C18H21NO3S/c1-14-7-10-23-17(14)18(20)22-13-16-12-19(8-9-21-16)11-15-5-3-2-4-6-15/h2-7,10,16H,8-9,11-13H2,1H3. The molecule has 122 valence electrons. The van der Waals surface area contributed by atoms with Crippen LogP contribution in [0.3, 0.4) is 0 Å². The van der Waals surface area contributed by atoms with E-state index < -0.39 is 0 Å². The number of carbonyl (C=O) groups is 1. The normalized spacial score (nSPS) is 18.7. The van der Waals surface area contributed by atoms with Gasteiger partial charge >= 0.3 is 5.97 Å². The van der Waals surface area contributed by atoms with Gasteiger partial charge in [0.15, 0.2) is 0 Å². The summed E-state index contributed by atoms with van der Waals surface area (Å²) in [5.74, 6) is -0.249. The molecule has 1 aliphatic heterocycles. The van der Waals surface area contributed by atoms with Crippen LogP contribution < -0.4 is 0 Å². The monoisotopic (exact) mass is 331 g/mol. The van der Waals surface area contributed by atoms with Crippen LogP contribution in [0.1, 0.15) is 20.8 Å². The van der Waals surface area contributed by atoms with Crippen LogP contribution in [0.2, 0.25) is 0 Å². The van der Waals surface area contributed by atoms with Crippen molar-refractivity contribution < 1.29 is 14.3 Å².